The van der Waals surface area contributed by atoms with Crippen LogP contribution in [-0.4, -0.2) is 57.1 Å². The number of ether oxygens (including phenoxy) is 2. The minimum absolute atomic E-state index is 0.195. The highest BCUT2D eigenvalue weighted by Crippen LogP contribution is 2.33. The fraction of sp³-hybridized carbons (Fsp3) is 0.412. The van der Waals surface area contributed by atoms with Gasteiger partial charge in [-0.05, 0) is 23.2 Å². The predicted octanol–water partition coefficient (Wildman–Crippen LogP) is 0.344. The normalized spacial score (nSPS) is 26.2. The Hall–Kier alpha value is -3.22. The van der Waals surface area contributed by atoms with Crippen molar-refractivity contribution in [3.63, 3.8) is 0 Å². The molecule has 0 aliphatic carbocycles. The maximum atomic E-state index is 13.8. The summed E-state index contributed by atoms with van der Waals surface area (Å²) < 4.78 is 29.3. The van der Waals surface area contributed by atoms with Gasteiger partial charge < -0.3 is 34.3 Å². The number of hydrogen-bond acceptors (Lipinski definition) is 9. The highest BCUT2D eigenvalue weighted by atomic mass is 19.1. The summed E-state index contributed by atoms with van der Waals surface area (Å²) in [5, 5.41) is 42.4. The number of alkyl halides is 1. The molecule has 1 fully saturated rings. The zero-order valence-corrected chi connectivity index (χ0v) is 15.1. The molecule has 160 valence electrons. The Morgan fingerprint density at radius 2 is 2.00 bits per heavy atom. The van der Waals surface area contributed by atoms with Crippen molar-refractivity contribution in [2.45, 2.75) is 43.9 Å². The molecule has 2 heterocycles. The van der Waals surface area contributed by atoms with Crippen LogP contribution in [0.5, 0.6) is 5.75 Å². The first kappa shape index (κ1) is 21.5. The maximum absolute atomic E-state index is 13.8. The molecule has 0 saturated carbocycles. The predicted molar refractivity (Wildman–Crippen MR) is 95.1 cm³/mol. The number of halogens is 1. The van der Waals surface area contributed by atoms with E-state index in [1.807, 2.05) is 0 Å². The fourth-order valence-corrected chi connectivity index (χ4v) is 3.08. The number of carboxylic acid groups (broad SMARTS) is 1. The van der Waals surface area contributed by atoms with Crippen LogP contribution in [-0.2, 0) is 22.8 Å². The van der Waals surface area contributed by atoms with Gasteiger partial charge in [0.25, 0.3) is 0 Å². The lowest BCUT2D eigenvalue weighted by Crippen LogP contribution is -2.61. The first-order chi connectivity index (χ1) is 14.3. The SMILES string of the molecule is [N-]=[N+]=NCc1cc(=O)oc2c(CF)c(O[C@@H]3O[C@H](C(=O)O)[C@@H](O)[C@H](O)[C@H]3O)ccc12. The molecule has 0 radical (unpaired) electrons. The Balaban J connectivity index is 2.03. The lowest BCUT2D eigenvalue weighted by atomic mass is 9.99. The molecule has 0 spiro atoms. The summed E-state index contributed by atoms with van der Waals surface area (Å²) in [5.74, 6) is -1.87. The topological polar surface area (TPSA) is 195 Å². The minimum atomic E-state index is -1.92. The van der Waals surface area contributed by atoms with Crippen LogP contribution >= 0.6 is 0 Å². The first-order valence-electron chi connectivity index (χ1n) is 8.53. The Labute approximate surface area is 166 Å². The first-order valence-corrected chi connectivity index (χ1v) is 8.53. The smallest absolute Gasteiger partial charge is 0.336 e. The van der Waals surface area contributed by atoms with Crippen molar-refractivity contribution in [3.05, 3.63) is 50.2 Å². The van der Waals surface area contributed by atoms with Gasteiger partial charge in [-0.25, -0.2) is 14.0 Å². The number of nitrogens with zero attached hydrogens (tertiary/aromatic N) is 3. The third-order valence-electron chi connectivity index (χ3n) is 4.55. The van der Waals surface area contributed by atoms with E-state index < -0.39 is 49.0 Å². The van der Waals surface area contributed by atoms with Gasteiger partial charge in [-0.2, -0.15) is 0 Å². The summed E-state index contributed by atoms with van der Waals surface area (Å²) in [6, 6.07) is 3.72. The van der Waals surface area contributed by atoms with E-state index in [1.165, 1.54) is 12.1 Å². The van der Waals surface area contributed by atoms with E-state index in [1.54, 1.807) is 0 Å². The molecule has 4 N–H and O–H groups in total. The summed E-state index contributed by atoms with van der Waals surface area (Å²) in [4.78, 5) is 25.6. The summed E-state index contributed by atoms with van der Waals surface area (Å²) in [6.07, 6.45) is -9.37. The number of azide groups is 1. The summed E-state index contributed by atoms with van der Waals surface area (Å²) in [5.41, 5.74) is 7.46. The van der Waals surface area contributed by atoms with Crippen LogP contribution in [0.15, 0.2) is 32.5 Å². The Bertz CT molecular complexity index is 1070. The van der Waals surface area contributed by atoms with E-state index in [4.69, 9.17) is 24.5 Å². The molecule has 12 nitrogen and oxygen atoms in total. The molecule has 3 rings (SSSR count). The van der Waals surface area contributed by atoms with Crippen molar-refractivity contribution in [1.82, 2.24) is 0 Å². The number of rotatable bonds is 6. The molecular weight excluding hydrogens is 409 g/mol. The summed E-state index contributed by atoms with van der Waals surface area (Å²) >= 11 is 0. The van der Waals surface area contributed by atoms with Gasteiger partial charge in [0, 0.05) is 16.4 Å². The van der Waals surface area contributed by atoms with Crippen molar-refractivity contribution in [3.8, 4) is 5.75 Å². The second kappa shape index (κ2) is 8.65. The highest BCUT2D eigenvalue weighted by molar-refractivity contribution is 5.85. The van der Waals surface area contributed by atoms with Crippen LogP contribution in [0.3, 0.4) is 0 Å². The number of carboxylic acids is 1. The Morgan fingerprint density at radius 3 is 2.63 bits per heavy atom. The van der Waals surface area contributed by atoms with Crippen molar-refractivity contribution >= 4 is 16.9 Å². The van der Waals surface area contributed by atoms with E-state index in [9.17, 15) is 29.3 Å². The monoisotopic (exact) mass is 425 g/mol. The Kier molecular flexibility index (Phi) is 6.20. The van der Waals surface area contributed by atoms with Gasteiger partial charge in [0.15, 0.2) is 6.10 Å². The molecule has 5 atom stereocenters. The number of fused-ring (bicyclic) bond motifs is 1. The number of benzene rings is 1. The van der Waals surface area contributed by atoms with E-state index in [2.05, 4.69) is 10.0 Å². The molecule has 30 heavy (non-hydrogen) atoms. The second-order valence-electron chi connectivity index (χ2n) is 6.39. The fourth-order valence-electron chi connectivity index (χ4n) is 3.08. The summed E-state index contributed by atoms with van der Waals surface area (Å²) in [6.45, 7) is -1.38. The molecule has 2 aromatic rings. The van der Waals surface area contributed by atoms with Crippen LogP contribution < -0.4 is 10.4 Å². The molecule has 1 aliphatic heterocycles. The number of hydrogen-bond donors (Lipinski definition) is 4. The molecule has 1 aromatic heterocycles. The van der Waals surface area contributed by atoms with E-state index in [0.717, 1.165) is 6.07 Å². The molecule has 1 saturated heterocycles. The quantitative estimate of drug-likeness (QED) is 0.218. The van der Waals surface area contributed by atoms with Gasteiger partial charge in [-0.1, -0.05) is 5.11 Å². The third kappa shape index (κ3) is 3.92. The van der Waals surface area contributed by atoms with Crippen LogP contribution in [0, 0.1) is 0 Å². The molecule has 1 aromatic carbocycles. The van der Waals surface area contributed by atoms with Crippen molar-refractivity contribution < 1.29 is 43.5 Å². The van der Waals surface area contributed by atoms with Crippen molar-refractivity contribution in [1.29, 1.82) is 0 Å². The van der Waals surface area contributed by atoms with Gasteiger partial charge >= 0.3 is 11.6 Å². The molecule has 0 bridgehead atoms. The highest BCUT2D eigenvalue weighted by Gasteiger charge is 2.48. The standard InChI is InChI=1S/C17H16FN3O9/c18-4-8-9(28-17-13(25)11(23)12(24)15(30-17)16(26)27)2-1-7-6(5-20-21-19)3-10(22)29-14(7)8/h1-3,11-13,15,17,23-25H,4-5H2,(H,26,27)/t11-,12-,13+,15-,17+/m0/s1. The van der Waals surface area contributed by atoms with Gasteiger partial charge in [0.1, 0.15) is 36.3 Å². The number of aliphatic hydroxyl groups excluding tert-OH is 3. The van der Waals surface area contributed by atoms with Crippen LogP contribution in [0.4, 0.5) is 4.39 Å². The van der Waals surface area contributed by atoms with Gasteiger partial charge in [0.05, 0.1) is 12.1 Å². The van der Waals surface area contributed by atoms with E-state index in [0.29, 0.717) is 0 Å². The number of aliphatic carboxylic acids is 1. The molecular formula is C17H16FN3O9. The molecule has 0 unspecified atom stereocenters. The lowest BCUT2D eigenvalue weighted by molar-refractivity contribution is -0.271. The van der Waals surface area contributed by atoms with Crippen molar-refractivity contribution in [2.75, 3.05) is 0 Å². The van der Waals surface area contributed by atoms with Gasteiger partial charge in [0.2, 0.25) is 6.29 Å². The zero-order chi connectivity index (χ0) is 22.0. The van der Waals surface area contributed by atoms with Crippen LogP contribution in [0.1, 0.15) is 11.1 Å². The van der Waals surface area contributed by atoms with E-state index >= 15 is 0 Å². The van der Waals surface area contributed by atoms with Crippen LogP contribution in [0.25, 0.3) is 21.4 Å². The summed E-state index contributed by atoms with van der Waals surface area (Å²) in [7, 11) is 0. The van der Waals surface area contributed by atoms with E-state index in [-0.39, 0.29) is 34.4 Å². The zero-order valence-electron chi connectivity index (χ0n) is 15.1. The maximum Gasteiger partial charge on any atom is 0.336 e. The average Bonchev–Trinajstić information content (AvgIpc) is 2.71. The van der Waals surface area contributed by atoms with Gasteiger partial charge in [-0.15, -0.1) is 0 Å². The van der Waals surface area contributed by atoms with Crippen LogP contribution in [0.2, 0.25) is 0 Å². The largest absolute Gasteiger partial charge is 0.479 e. The average molecular weight is 425 g/mol. The number of aliphatic hydroxyl groups is 3. The number of carbonyl (C=O) groups is 1. The van der Waals surface area contributed by atoms with Gasteiger partial charge in [-0.3, -0.25) is 0 Å². The molecule has 0 amide bonds. The lowest BCUT2D eigenvalue weighted by Gasteiger charge is -2.38. The Morgan fingerprint density at radius 1 is 1.27 bits per heavy atom. The van der Waals surface area contributed by atoms with Crippen molar-refractivity contribution in [2.24, 2.45) is 5.11 Å². The second-order valence-corrected chi connectivity index (χ2v) is 6.39. The third-order valence-corrected chi connectivity index (χ3v) is 4.55. The molecule has 13 heteroatoms. The molecule has 1 aliphatic rings. The minimum Gasteiger partial charge on any atom is -0.479 e.